The van der Waals surface area contributed by atoms with Gasteiger partial charge >= 0.3 is 0 Å². The number of anilines is 1. The van der Waals surface area contributed by atoms with Crippen molar-refractivity contribution in [1.29, 1.82) is 0 Å². The van der Waals surface area contributed by atoms with Gasteiger partial charge in [0, 0.05) is 17.6 Å². The Labute approximate surface area is 95.8 Å². The molecule has 0 unspecified atom stereocenters. The molecule has 1 rings (SSSR count). The first-order chi connectivity index (χ1) is 7.40. The van der Waals surface area contributed by atoms with E-state index in [4.69, 9.17) is 10.5 Å². The maximum Gasteiger partial charge on any atom is 0.226 e. The van der Waals surface area contributed by atoms with Crippen molar-refractivity contribution in [2.24, 2.45) is 5.73 Å². The molecule has 16 heavy (non-hydrogen) atoms. The number of benzene rings is 1. The molecule has 0 aromatic heterocycles. The molecule has 3 N–H and O–H groups in total. The molecule has 0 saturated heterocycles. The van der Waals surface area contributed by atoms with Gasteiger partial charge in [0.15, 0.2) is 0 Å². The van der Waals surface area contributed by atoms with Crippen LogP contribution in [0.4, 0.5) is 5.69 Å². The zero-order valence-electron chi connectivity index (χ0n) is 9.91. The van der Waals surface area contributed by atoms with Gasteiger partial charge in [-0.05, 0) is 38.1 Å². The number of nitrogens with two attached hydrogens (primary N) is 1. The fourth-order valence-corrected chi connectivity index (χ4v) is 1.29. The third-order valence-electron chi connectivity index (χ3n) is 1.99. The quantitative estimate of drug-likeness (QED) is 0.816. The molecule has 0 aliphatic carbocycles. The number of hydrogen-bond acceptors (Lipinski definition) is 3. The van der Waals surface area contributed by atoms with E-state index in [1.807, 2.05) is 13.8 Å². The van der Waals surface area contributed by atoms with E-state index in [2.05, 4.69) is 5.32 Å². The van der Waals surface area contributed by atoms with Crippen LogP contribution in [0.25, 0.3) is 0 Å². The van der Waals surface area contributed by atoms with Crippen LogP contribution in [-0.2, 0) is 4.79 Å². The predicted molar refractivity (Wildman–Crippen MR) is 64.5 cm³/mol. The number of amides is 1. The van der Waals surface area contributed by atoms with Crippen molar-refractivity contribution >= 4 is 11.6 Å². The second-order valence-electron chi connectivity index (χ2n) is 4.44. The zero-order valence-corrected chi connectivity index (χ0v) is 9.91. The van der Waals surface area contributed by atoms with Crippen LogP contribution in [0.2, 0.25) is 0 Å². The summed E-state index contributed by atoms with van der Waals surface area (Å²) in [6, 6.07) is 7.17. The average Bonchev–Trinajstić information content (AvgIpc) is 2.16. The van der Waals surface area contributed by atoms with Crippen LogP contribution in [0.5, 0.6) is 5.75 Å². The Bertz CT molecular complexity index is 352. The van der Waals surface area contributed by atoms with Crippen LogP contribution < -0.4 is 15.8 Å². The van der Waals surface area contributed by atoms with Crippen LogP contribution in [-0.4, -0.2) is 18.6 Å². The van der Waals surface area contributed by atoms with Gasteiger partial charge in [-0.3, -0.25) is 4.79 Å². The summed E-state index contributed by atoms with van der Waals surface area (Å²) in [5, 5.41) is 2.78. The van der Waals surface area contributed by atoms with Gasteiger partial charge < -0.3 is 15.8 Å². The topological polar surface area (TPSA) is 64.3 Å². The van der Waals surface area contributed by atoms with E-state index in [0.29, 0.717) is 6.42 Å². The summed E-state index contributed by atoms with van der Waals surface area (Å²) in [6.07, 6.45) is 0.291. The van der Waals surface area contributed by atoms with Gasteiger partial charge in [0.2, 0.25) is 5.91 Å². The molecule has 1 amide bonds. The lowest BCUT2D eigenvalue weighted by Gasteiger charge is -2.17. The molecule has 0 atom stereocenters. The Hall–Kier alpha value is -1.55. The maximum atomic E-state index is 11.6. The Morgan fingerprint density at radius 2 is 1.94 bits per heavy atom. The molecule has 4 nitrogen and oxygen atoms in total. The fourth-order valence-electron chi connectivity index (χ4n) is 1.29. The van der Waals surface area contributed by atoms with Gasteiger partial charge in [-0.15, -0.1) is 0 Å². The maximum absolute atomic E-state index is 11.6. The van der Waals surface area contributed by atoms with Crippen molar-refractivity contribution in [2.45, 2.75) is 25.8 Å². The van der Waals surface area contributed by atoms with Crippen molar-refractivity contribution < 1.29 is 9.53 Å². The highest BCUT2D eigenvalue weighted by Crippen LogP contribution is 2.15. The lowest BCUT2D eigenvalue weighted by Crippen LogP contribution is -2.36. The van der Waals surface area contributed by atoms with Gasteiger partial charge in [0.1, 0.15) is 5.75 Å². The summed E-state index contributed by atoms with van der Waals surface area (Å²) >= 11 is 0. The molecule has 0 heterocycles. The van der Waals surface area contributed by atoms with E-state index in [-0.39, 0.29) is 5.91 Å². The van der Waals surface area contributed by atoms with Crippen molar-refractivity contribution in [3.05, 3.63) is 24.3 Å². The van der Waals surface area contributed by atoms with Crippen LogP contribution in [0.1, 0.15) is 20.3 Å². The smallest absolute Gasteiger partial charge is 0.226 e. The van der Waals surface area contributed by atoms with E-state index < -0.39 is 5.54 Å². The lowest BCUT2D eigenvalue weighted by molar-refractivity contribution is -0.117. The predicted octanol–water partition coefficient (Wildman–Crippen LogP) is 1.76. The number of hydrogen-bond donors (Lipinski definition) is 2. The Balaban J connectivity index is 2.56. The Morgan fingerprint density at radius 3 is 2.38 bits per heavy atom. The van der Waals surface area contributed by atoms with Crippen molar-refractivity contribution in [3.63, 3.8) is 0 Å². The third kappa shape index (κ3) is 4.31. The van der Waals surface area contributed by atoms with Gasteiger partial charge in [0.25, 0.3) is 0 Å². The van der Waals surface area contributed by atoms with Gasteiger partial charge in [-0.2, -0.15) is 0 Å². The van der Waals surface area contributed by atoms with E-state index in [9.17, 15) is 4.79 Å². The fraction of sp³-hybridized carbons (Fsp3) is 0.417. The van der Waals surface area contributed by atoms with Gasteiger partial charge in [-0.25, -0.2) is 0 Å². The Kier molecular flexibility index (Phi) is 3.90. The summed E-state index contributed by atoms with van der Waals surface area (Å²) in [6.45, 7) is 3.64. The highest BCUT2D eigenvalue weighted by molar-refractivity contribution is 5.91. The molecule has 0 fully saturated rings. The number of nitrogens with one attached hydrogen (secondary N) is 1. The minimum atomic E-state index is -0.490. The molecule has 88 valence electrons. The Morgan fingerprint density at radius 1 is 1.38 bits per heavy atom. The summed E-state index contributed by atoms with van der Waals surface area (Å²) < 4.78 is 5.02. The molecule has 0 bridgehead atoms. The van der Waals surface area contributed by atoms with Crippen molar-refractivity contribution in [3.8, 4) is 5.75 Å². The first-order valence-electron chi connectivity index (χ1n) is 5.13. The SMILES string of the molecule is COc1ccc(NC(=O)CC(C)(C)N)cc1. The molecular formula is C12H18N2O2. The average molecular weight is 222 g/mol. The lowest BCUT2D eigenvalue weighted by atomic mass is 10.0. The van der Waals surface area contributed by atoms with E-state index in [1.165, 1.54) is 0 Å². The van der Waals surface area contributed by atoms with Crippen molar-refractivity contribution in [1.82, 2.24) is 0 Å². The largest absolute Gasteiger partial charge is 0.497 e. The molecule has 1 aromatic rings. The zero-order chi connectivity index (χ0) is 12.2. The first kappa shape index (κ1) is 12.5. The number of carbonyl (C=O) groups excluding carboxylic acids is 1. The van der Waals surface area contributed by atoms with E-state index in [1.54, 1.807) is 31.4 Å². The molecule has 4 heteroatoms. The normalized spacial score (nSPS) is 11.0. The summed E-state index contributed by atoms with van der Waals surface area (Å²) in [5.41, 5.74) is 6.01. The number of methoxy groups -OCH3 is 1. The highest BCUT2D eigenvalue weighted by atomic mass is 16.5. The van der Waals surface area contributed by atoms with Crippen LogP contribution in [0, 0.1) is 0 Å². The molecule has 1 aromatic carbocycles. The molecule has 0 radical (unpaired) electrons. The standard InChI is InChI=1S/C12H18N2O2/c1-12(2,13)8-11(15)14-9-4-6-10(16-3)7-5-9/h4-7H,8,13H2,1-3H3,(H,14,15). The summed E-state index contributed by atoms with van der Waals surface area (Å²) in [5.74, 6) is 0.676. The third-order valence-corrected chi connectivity index (χ3v) is 1.99. The molecule has 0 saturated carbocycles. The van der Waals surface area contributed by atoms with Crippen LogP contribution >= 0.6 is 0 Å². The monoisotopic (exact) mass is 222 g/mol. The molecule has 0 spiro atoms. The number of ether oxygens (including phenoxy) is 1. The second kappa shape index (κ2) is 4.99. The van der Waals surface area contributed by atoms with E-state index >= 15 is 0 Å². The van der Waals surface area contributed by atoms with Crippen LogP contribution in [0.3, 0.4) is 0 Å². The first-order valence-corrected chi connectivity index (χ1v) is 5.13. The highest BCUT2D eigenvalue weighted by Gasteiger charge is 2.16. The number of carbonyl (C=O) groups is 1. The van der Waals surface area contributed by atoms with Gasteiger partial charge in [0.05, 0.1) is 7.11 Å². The van der Waals surface area contributed by atoms with Gasteiger partial charge in [-0.1, -0.05) is 0 Å². The van der Waals surface area contributed by atoms with Crippen LogP contribution in [0.15, 0.2) is 24.3 Å². The minimum Gasteiger partial charge on any atom is -0.497 e. The summed E-state index contributed by atoms with van der Waals surface area (Å²) in [7, 11) is 1.60. The molecule has 0 aliphatic heterocycles. The minimum absolute atomic E-state index is 0.0855. The van der Waals surface area contributed by atoms with Crippen molar-refractivity contribution in [2.75, 3.05) is 12.4 Å². The number of rotatable bonds is 4. The molecular weight excluding hydrogens is 204 g/mol. The summed E-state index contributed by atoms with van der Waals surface area (Å²) in [4.78, 5) is 11.6. The van der Waals surface area contributed by atoms with E-state index in [0.717, 1.165) is 11.4 Å². The second-order valence-corrected chi connectivity index (χ2v) is 4.44. The molecule has 0 aliphatic rings.